The summed E-state index contributed by atoms with van der Waals surface area (Å²) in [6.45, 7) is 8.29. The number of hydrogen-bond acceptors (Lipinski definition) is 4. The first-order chi connectivity index (χ1) is 6.47. The van der Waals surface area contributed by atoms with Gasteiger partial charge in [-0.25, -0.2) is 0 Å². The molecule has 14 heavy (non-hydrogen) atoms. The molecule has 0 saturated heterocycles. The predicted molar refractivity (Wildman–Crippen MR) is 61.7 cm³/mol. The highest BCUT2D eigenvalue weighted by Gasteiger charge is 2.19. The number of thioether (sulfide) groups is 1. The van der Waals surface area contributed by atoms with E-state index in [0.29, 0.717) is 11.3 Å². The molecule has 0 aromatic heterocycles. The average molecular weight is 219 g/mol. The molecule has 84 valence electrons. The zero-order chi connectivity index (χ0) is 11.1. The predicted octanol–water partition coefficient (Wildman–Crippen LogP) is 1.67. The molecular formula is C10H21NO2S. The van der Waals surface area contributed by atoms with Crippen LogP contribution in [0.4, 0.5) is 0 Å². The van der Waals surface area contributed by atoms with Crippen LogP contribution in [0.2, 0.25) is 0 Å². The van der Waals surface area contributed by atoms with Crippen LogP contribution in [0.1, 0.15) is 27.7 Å². The third-order valence-electron chi connectivity index (χ3n) is 1.62. The lowest BCUT2D eigenvalue weighted by molar-refractivity contribution is -0.142. The molecule has 0 aliphatic heterocycles. The van der Waals surface area contributed by atoms with Crippen LogP contribution >= 0.6 is 11.8 Å². The molecule has 0 rings (SSSR count). The molecule has 0 aliphatic rings. The molecule has 0 fully saturated rings. The van der Waals surface area contributed by atoms with Gasteiger partial charge in [0.05, 0.1) is 7.11 Å². The number of ether oxygens (including phenoxy) is 1. The molecule has 0 saturated carbocycles. The van der Waals surface area contributed by atoms with Gasteiger partial charge >= 0.3 is 5.97 Å². The zero-order valence-electron chi connectivity index (χ0n) is 9.66. The van der Waals surface area contributed by atoms with Crippen LogP contribution < -0.4 is 5.32 Å². The number of hydrogen-bond donors (Lipinski definition) is 1. The van der Waals surface area contributed by atoms with E-state index in [1.54, 1.807) is 11.8 Å². The monoisotopic (exact) mass is 219 g/mol. The highest BCUT2D eigenvalue weighted by atomic mass is 32.2. The fourth-order valence-corrected chi connectivity index (χ4v) is 1.83. The van der Waals surface area contributed by atoms with E-state index in [9.17, 15) is 4.79 Å². The highest BCUT2D eigenvalue weighted by molar-refractivity contribution is 7.99. The lowest BCUT2D eigenvalue weighted by Gasteiger charge is -2.19. The number of rotatable bonds is 6. The van der Waals surface area contributed by atoms with Gasteiger partial charge in [-0.2, -0.15) is 11.8 Å². The molecule has 4 heteroatoms. The Kier molecular flexibility index (Phi) is 7.01. The molecule has 0 amide bonds. The summed E-state index contributed by atoms with van der Waals surface area (Å²) in [6.07, 6.45) is 0. The van der Waals surface area contributed by atoms with E-state index in [1.807, 2.05) is 13.8 Å². The van der Waals surface area contributed by atoms with E-state index < -0.39 is 0 Å². The van der Waals surface area contributed by atoms with Crippen molar-refractivity contribution in [2.75, 3.05) is 12.9 Å². The summed E-state index contributed by atoms with van der Waals surface area (Å²) in [4.78, 5) is 11.4. The molecule has 3 nitrogen and oxygen atoms in total. The van der Waals surface area contributed by atoms with Crippen molar-refractivity contribution in [2.45, 2.75) is 45.0 Å². The van der Waals surface area contributed by atoms with Crippen molar-refractivity contribution in [2.24, 2.45) is 0 Å². The van der Waals surface area contributed by atoms with Gasteiger partial charge in [-0.3, -0.25) is 4.79 Å². The van der Waals surface area contributed by atoms with E-state index in [0.717, 1.165) is 5.75 Å². The van der Waals surface area contributed by atoms with Gasteiger partial charge in [-0.15, -0.1) is 0 Å². The Morgan fingerprint density at radius 3 is 2.29 bits per heavy atom. The van der Waals surface area contributed by atoms with Gasteiger partial charge < -0.3 is 10.1 Å². The number of nitrogens with one attached hydrogen (secondary N) is 1. The molecule has 1 atom stereocenters. The minimum Gasteiger partial charge on any atom is -0.468 e. The number of carbonyl (C=O) groups excluding carboxylic acids is 1. The summed E-state index contributed by atoms with van der Waals surface area (Å²) in [5.41, 5.74) is 0. The van der Waals surface area contributed by atoms with E-state index in [1.165, 1.54) is 7.11 Å². The number of methoxy groups -OCH3 is 1. The Bertz CT molecular complexity index is 172. The van der Waals surface area contributed by atoms with Crippen molar-refractivity contribution in [3.8, 4) is 0 Å². The molecule has 0 aromatic carbocycles. The molecule has 1 unspecified atom stereocenters. The normalized spacial score (nSPS) is 13.4. The van der Waals surface area contributed by atoms with Crippen LogP contribution in [0.15, 0.2) is 0 Å². The first-order valence-corrected chi connectivity index (χ1v) is 5.97. The third-order valence-corrected chi connectivity index (χ3v) is 2.81. The van der Waals surface area contributed by atoms with Crippen molar-refractivity contribution >= 4 is 17.7 Å². The molecule has 0 spiro atoms. The summed E-state index contributed by atoms with van der Waals surface area (Å²) >= 11 is 1.76. The first-order valence-electron chi connectivity index (χ1n) is 4.92. The van der Waals surface area contributed by atoms with E-state index in [4.69, 9.17) is 4.74 Å². The SMILES string of the molecule is COC(=O)C(CSC(C)C)NC(C)C. The quantitative estimate of drug-likeness (QED) is 0.690. The summed E-state index contributed by atoms with van der Waals surface area (Å²) in [6, 6.07) is 0.110. The molecule has 0 bridgehead atoms. The molecule has 0 aliphatic carbocycles. The van der Waals surface area contributed by atoms with Crippen LogP contribution in [0, 0.1) is 0 Å². The number of esters is 1. The fraction of sp³-hybridized carbons (Fsp3) is 0.900. The van der Waals surface area contributed by atoms with Crippen molar-refractivity contribution in [1.82, 2.24) is 5.32 Å². The molecular weight excluding hydrogens is 198 g/mol. The Balaban J connectivity index is 4.04. The van der Waals surface area contributed by atoms with Gasteiger partial charge in [-0.1, -0.05) is 27.7 Å². The average Bonchev–Trinajstić information content (AvgIpc) is 2.10. The third kappa shape index (κ3) is 6.27. The zero-order valence-corrected chi connectivity index (χ0v) is 10.5. The maximum absolute atomic E-state index is 11.4. The van der Waals surface area contributed by atoms with Gasteiger partial charge in [0, 0.05) is 11.8 Å². The van der Waals surface area contributed by atoms with Crippen LogP contribution in [0.3, 0.4) is 0 Å². The van der Waals surface area contributed by atoms with E-state index in [2.05, 4.69) is 19.2 Å². The topological polar surface area (TPSA) is 38.3 Å². The van der Waals surface area contributed by atoms with Crippen LogP contribution in [-0.2, 0) is 9.53 Å². The minimum absolute atomic E-state index is 0.174. The summed E-state index contributed by atoms with van der Waals surface area (Å²) in [5.74, 6) is 0.592. The first kappa shape index (κ1) is 13.8. The largest absolute Gasteiger partial charge is 0.468 e. The van der Waals surface area contributed by atoms with Crippen molar-refractivity contribution in [1.29, 1.82) is 0 Å². The lowest BCUT2D eigenvalue weighted by Crippen LogP contribution is -2.43. The maximum atomic E-state index is 11.4. The number of carbonyl (C=O) groups is 1. The van der Waals surface area contributed by atoms with E-state index >= 15 is 0 Å². The Morgan fingerprint density at radius 2 is 1.93 bits per heavy atom. The molecule has 0 heterocycles. The van der Waals surface area contributed by atoms with Crippen LogP contribution in [0.5, 0.6) is 0 Å². The lowest BCUT2D eigenvalue weighted by atomic mass is 10.3. The Hall–Kier alpha value is -0.220. The molecule has 0 aromatic rings. The van der Waals surface area contributed by atoms with Crippen molar-refractivity contribution in [3.63, 3.8) is 0 Å². The summed E-state index contributed by atoms with van der Waals surface area (Å²) in [5, 5.41) is 3.73. The minimum atomic E-state index is -0.188. The van der Waals surface area contributed by atoms with Gasteiger partial charge in [0.15, 0.2) is 0 Å². The Morgan fingerprint density at radius 1 is 1.36 bits per heavy atom. The standard InChI is InChI=1S/C10H21NO2S/c1-7(2)11-9(10(12)13-5)6-14-8(3)4/h7-9,11H,6H2,1-5H3. The van der Waals surface area contributed by atoms with Gasteiger partial charge in [-0.05, 0) is 5.25 Å². The van der Waals surface area contributed by atoms with Gasteiger partial charge in [0.2, 0.25) is 0 Å². The summed E-state index contributed by atoms with van der Waals surface area (Å²) in [7, 11) is 1.43. The van der Waals surface area contributed by atoms with Crippen molar-refractivity contribution in [3.05, 3.63) is 0 Å². The van der Waals surface area contributed by atoms with Gasteiger partial charge in [0.1, 0.15) is 6.04 Å². The highest BCUT2D eigenvalue weighted by Crippen LogP contribution is 2.11. The fourth-order valence-electron chi connectivity index (χ4n) is 1.02. The smallest absolute Gasteiger partial charge is 0.323 e. The second-order valence-corrected chi connectivity index (χ2v) is 5.39. The second-order valence-electron chi connectivity index (χ2n) is 3.78. The molecule has 1 N–H and O–H groups in total. The maximum Gasteiger partial charge on any atom is 0.323 e. The van der Waals surface area contributed by atoms with Crippen LogP contribution in [0.25, 0.3) is 0 Å². The van der Waals surface area contributed by atoms with E-state index in [-0.39, 0.29) is 12.0 Å². The van der Waals surface area contributed by atoms with Gasteiger partial charge in [0.25, 0.3) is 0 Å². The molecule has 0 radical (unpaired) electrons. The Labute approximate surface area is 91.0 Å². The second kappa shape index (κ2) is 7.12. The van der Waals surface area contributed by atoms with Crippen LogP contribution in [-0.4, -0.2) is 36.2 Å². The van der Waals surface area contributed by atoms with Crippen molar-refractivity contribution < 1.29 is 9.53 Å². The summed E-state index contributed by atoms with van der Waals surface area (Å²) < 4.78 is 4.73.